The van der Waals surface area contributed by atoms with Crippen LogP contribution in [0.1, 0.15) is 38.2 Å². The van der Waals surface area contributed by atoms with E-state index in [0.717, 1.165) is 5.56 Å². The lowest BCUT2D eigenvalue weighted by Gasteiger charge is -2.37. The van der Waals surface area contributed by atoms with Gasteiger partial charge >= 0.3 is 5.97 Å². The van der Waals surface area contributed by atoms with Gasteiger partial charge in [0.1, 0.15) is 17.7 Å². The fraction of sp³-hybridized carbons (Fsp3) is 0.533. The van der Waals surface area contributed by atoms with Crippen molar-refractivity contribution in [2.45, 2.75) is 63.4 Å². The van der Waals surface area contributed by atoms with Gasteiger partial charge in [-0.05, 0) is 44.7 Å². The molecule has 1 aromatic rings. The Balaban J connectivity index is 1.61. The van der Waals surface area contributed by atoms with Gasteiger partial charge in [-0.15, -0.1) is 13.2 Å². The van der Waals surface area contributed by atoms with Crippen LogP contribution in [0.5, 0.6) is 0 Å². The number of rotatable bonds is 13. The minimum atomic E-state index is -1.26. The highest BCUT2D eigenvalue weighted by molar-refractivity contribution is 6.34. The third kappa shape index (κ3) is 5.65. The molecule has 3 heterocycles. The number of allylic oxidation sites excluding steroid dienone is 1. The third-order valence-corrected chi connectivity index (χ3v) is 8.47. The van der Waals surface area contributed by atoms with Crippen LogP contribution < -0.4 is 10.2 Å². The van der Waals surface area contributed by atoms with Gasteiger partial charge < -0.3 is 29.7 Å². The molecule has 4 rings (SSSR count). The first kappa shape index (κ1) is 30.7. The number of nitrogens with zero attached hydrogens (tertiary/aromatic N) is 2. The van der Waals surface area contributed by atoms with Crippen LogP contribution in [-0.4, -0.2) is 83.8 Å². The molecule has 11 heteroatoms. The number of nitrogens with one attached hydrogen (secondary N) is 1. The molecule has 0 radical (unpaired) electrons. The molecule has 10 nitrogen and oxygen atoms in total. The van der Waals surface area contributed by atoms with E-state index in [1.165, 1.54) is 9.80 Å². The van der Waals surface area contributed by atoms with E-state index in [1.54, 1.807) is 31.2 Å². The first-order valence-corrected chi connectivity index (χ1v) is 14.3. The van der Waals surface area contributed by atoms with Crippen molar-refractivity contribution in [2.75, 3.05) is 31.1 Å². The number of β-amino-alcohol motifs (C(OH)–C–C–N with tert-alkyl or cyclic N) is 1. The summed E-state index contributed by atoms with van der Waals surface area (Å²) in [5.41, 5.74) is 0.0141. The molecule has 3 amide bonds. The zero-order valence-electron chi connectivity index (χ0n) is 23.5. The Morgan fingerprint density at radius 3 is 2.76 bits per heavy atom. The lowest BCUT2D eigenvalue weighted by Crippen LogP contribution is -2.57. The van der Waals surface area contributed by atoms with Gasteiger partial charge in [-0.2, -0.15) is 0 Å². The first-order valence-electron chi connectivity index (χ1n) is 14.0. The molecule has 41 heavy (non-hydrogen) atoms. The van der Waals surface area contributed by atoms with Gasteiger partial charge in [0.2, 0.25) is 11.8 Å². The van der Waals surface area contributed by atoms with Gasteiger partial charge in [-0.25, -0.2) is 0 Å². The number of amides is 3. The predicted octanol–water partition coefficient (Wildman–Crippen LogP) is 2.55. The van der Waals surface area contributed by atoms with Crippen molar-refractivity contribution in [1.29, 1.82) is 0 Å². The molecular weight excluding hydrogens is 550 g/mol. The number of carbonyl (C=O) groups excluding carboxylic acids is 4. The molecular formula is C30H38ClN3O7. The number of hydrogen-bond donors (Lipinski definition) is 2. The smallest absolute Gasteiger partial charge is 0.312 e. The number of aryl methyl sites for hydroxylation is 1. The molecule has 6 atom stereocenters. The number of likely N-dealkylation sites (tertiary alicyclic amines) is 1. The number of anilines is 1. The molecule has 3 fully saturated rings. The van der Waals surface area contributed by atoms with Gasteiger partial charge in [0.25, 0.3) is 5.91 Å². The lowest BCUT2D eigenvalue weighted by molar-refractivity contribution is -0.159. The average Bonchev–Trinajstić information content (AvgIpc) is 3.57. The third-order valence-electron chi connectivity index (χ3n) is 8.16. The summed E-state index contributed by atoms with van der Waals surface area (Å²) < 4.78 is 12.1. The van der Waals surface area contributed by atoms with E-state index in [0.29, 0.717) is 30.0 Å². The van der Waals surface area contributed by atoms with E-state index in [1.807, 2.05) is 13.0 Å². The molecule has 0 aliphatic carbocycles. The zero-order chi connectivity index (χ0) is 29.9. The highest BCUT2D eigenvalue weighted by atomic mass is 35.5. The second-order valence-electron chi connectivity index (χ2n) is 10.8. The van der Waals surface area contributed by atoms with Crippen molar-refractivity contribution >= 4 is 41.0 Å². The van der Waals surface area contributed by atoms with Crippen molar-refractivity contribution in [1.82, 2.24) is 10.2 Å². The monoisotopic (exact) mass is 587 g/mol. The van der Waals surface area contributed by atoms with Crippen LogP contribution in [0.3, 0.4) is 0 Å². The van der Waals surface area contributed by atoms with E-state index < -0.39 is 53.5 Å². The molecule has 2 bridgehead atoms. The van der Waals surface area contributed by atoms with E-state index in [9.17, 15) is 24.3 Å². The molecule has 2 N–H and O–H groups in total. The first-order chi connectivity index (χ1) is 19.6. The summed E-state index contributed by atoms with van der Waals surface area (Å²) in [6, 6.07) is 4.23. The van der Waals surface area contributed by atoms with Crippen LogP contribution in [0.15, 0.2) is 43.5 Å². The number of carbonyl (C=O) groups is 4. The Morgan fingerprint density at radius 2 is 2.10 bits per heavy atom. The van der Waals surface area contributed by atoms with Crippen LogP contribution in [-0.2, 0) is 28.7 Å². The predicted molar refractivity (Wildman–Crippen MR) is 153 cm³/mol. The van der Waals surface area contributed by atoms with Gasteiger partial charge in [0.15, 0.2) is 0 Å². The minimum absolute atomic E-state index is 0.0974. The van der Waals surface area contributed by atoms with Crippen LogP contribution in [0, 0.1) is 18.8 Å². The number of ether oxygens (including phenoxy) is 2. The second kappa shape index (κ2) is 12.8. The molecule has 3 aliphatic rings. The number of hydrogen-bond acceptors (Lipinski definition) is 7. The van der Waals surface area contributed by atoms with Crippen LogP contribution >= 0.6 is 11.6 Å². The number of halogens is 1. The van der Waals surface area contributed by atoms with Gasteiger partial charge in [-0.3, -0.25) is 19.2 Å². The Hall–Kier alpha value is -3.21. The van der Waals surface area contributed by atoms with Gasteiger partial charge in [0.05, 0.1) is 41.8 Å². The average molecular weight is 588 g/mol. The summed E-state index contributed by atoms with van der Waals surface area (Å²) in [4.78, 5) is 56.5. The summed E-state index contributed by atoms with van der Waals surface area (Å²) >= 11 is 6.54. The van der Waals surface area contributed by atoms with Crippen molar-refractivity contribution in [3.63, 3.8) is 0 Å². The van der Waals surface area contributed by atoms with E-state index in [-0.39, 0.29) is 38.6 Å². The number of esters is 1. The van der Waals surface area contributed by atoms with Gasteiger partial charge in [-0.1, -0.05) is 35.9 Å². The quantitative estimate of drug-likeness (QED) is 0.268. The van der Waals surface area contributed by atoms with Crippen molar-refractivity contribution in [2.24, 2.45) is 11.8 Å². The summed E-state index contributed by atoms with van der Waals surface area (Å²) in [5.74, 6) is -3.49. The molecule has 222 valence electrons. The van der Waals surface area contributed by atoms with Crippen LogP contribution in [0.4, 0.5) is 5.69 Å². The van der Waals surface area contributed by atoms with Crippen molar-refractivity contribution < 1.29 is 33.8 Å². The van der Waals surface area contributed by atoms with E-state index in [4.69, 9.17) is 21.1 Å². The largest absolute Gasteiger partial charge is 0.460 e. The Kier molecular flexibility index (Phi) is 9.56. The maximum atomic E-state index is 14.4. The molecule has 0 unspecified atom stereocenters. The Morgan fingerprint density at radius 1 is 1.34 bits per heavy atom. The van der Waals surface area contributed by atoms with Crippen LogP contribution in [0.2, 0.25) is 5.02 Å². The van der Waals surface area contributed by atoms with Crippen molar-refractivity contribution in [3.8, 4) is 0 Å². The lowest BCUT2D eigenvalue weighted by atomic mass is 9.70. The fourth-order valence-electron chi connectivity index (χ4n) is 6.48. The second-order valence-corrected chi connectivity index (χ2v) is 11.2. The highest BCUT2D eigenvalue weighted by Gasteiger charge is 2.75. The number of para-hydroxylation sites is 1. The summed E-state index contributed by atoms with van der Waals surface area (Å²) in [5, 5.41) is 12.9. The summed E-state index contributed by atoms with van der Waals surface area (Å²) in [6.45, 7) is 10.7. The fourth-order valence-corrected chi connectivity index (χ4v) is 6.80. The van der Waals surface area contributed by atoms with Crippen molar-refractivity contribution in [3.05, 3.63) is 54.1 Å². The number of aliphatic hydroxyl groups excluding tert-OH is 1. The molecule has 0 aromatic heterocycles. The van der Waals surface area contributed by atoms with E-state index in [2.05, 4.69) is 18.5 Å². The molecule has 1 aromatic carbocycles. The summed E-state index contributed by atoms with van der Waals surface area (Å²) in [6.07, 6.45) is 3.69. The van der Waals surface area contributed by atoms with Gasteiger partial charge in [0, 0.05) is 19.5 Å². The number of fused-ring (bicyclic) bond motifs is 1. The SMILES string of the molecule is C=CCCC(=O)NC[C@H](C)OC(=O)[C@@H]1[C@@H]2CC[C@]3(O2)[C@H](C(=O)N(CC=C)c2c(C)cccc2Cl)N(CCO)C(=O)[C@@H]13. The van der Waals surface area contributed by atoms with E-state index >= 15 is 0 Å². The topological polar surface area (TPSA) is 125 Å². The maximum absolute atomic E-state index is 14.4. The van der Waals surface area contributed by atoms with Crippen LogP contribution in [0.25, 0.3) is 0 Å². The molecule has 1 spiro atoms. The minimum Gasteiger partial charge on any atom is -0.460 e. The molecule has 0 saturated carbocycles. The molecule has 3 aliphatic heterocycles. The summed E-state index contributed by atoms with van der Waals surface area (Å²) in [7, 11) is 0. The highest BCUT2D eigenvalue weighted by Crippen LogP contribution is 2.59. The Bertz CT molecular complexity index is 1200. The Labute approximate surface area is 245 Å². The number of benzene rings is 1. The molecule has 3 saturated heterocycles. The number of aliphatic hydroxyl groups is 1. The normalized spacial score (nSPS) is 26.8. The zero-order valence-corrected chi connectivity index (χ0v) is 24.3. The standard InChI is InChI=1S/C30H38ClN3O7/c1-5-7-11-22(36)32-17-19(4)40-29(39)23-21-12-13-30(41-21)24(23)27(37)34(15-16-35)26(30)28(38)33(14-6-2)25-18(3)9-8-10-20(25)31/h5-6,8-10,19,21,23-24,26,35H,1-2,7,11-17H2,3-4H3,(H,32,36)/t19-,21-,23+,24+,26-,30+/m0/s1. The maximum Gasteiger partial charge on any atom is 0.312 e.